The summed E-state index contributed by atoms with van der Waals surface area (Å²) in [4.78, 5) is 0. The summed E-state index contributed by atoms with van der Waals surface area (Å²) >= 11 is 0. The lowest BCUT2D eigenvalue weighted by atomic mass is 9.64. The molecule has 16 unspecified atom stereocenters. The van der Waals surface area contributed by atoms with Crippen molar-refractivity contribution in [3.05, 3.63) is 24.3 Å². The zero-order valence-corrected chi connectivity index (χ0v) is 18.9. The van der Waals surface area contributed by atoms with E-state index < -0.39 is 0 Å². The average Bonchev–Trinajstić information content (AvgIpc) is 3.34. The van der Waals surface area contributed by atoms with Gasteiger partial charge in [-0.15, -0.1) is 0 Å². The quantitative estimate of drug-likeness (QED) is 0.234. The van der Waals surface area contributed by atoms with Crippen molar-refractivity contribution in [2.45, 2.75) is 75.8 Å². The Morgan fingerprint density at radius 1 is 0.500 bits per heavy atom. The number of allylic oxidation sites excluding steroid dienone is 4. The highest BCUT2D eigenvalue weighted by Crippen LogP contribution is 2.71. The van der Waals surface area contributed by atoms with Crippen LogP contribution < -0.4 is 0 Å². The molecule has 4 nitrogen and oxygen atoms in total. The van der Waals surface area contributed by atoms with Crippen molar-refractivity contribution in [3.63, 3.8) is 0 Å². The Labute approximate surface area is 191 Å². The number of rotatable bonds is 0. The van der Waals surface area contributed by atoms with Crippen LogP contribution in [-0.4, -0.2) is 34.9 Å². The first-order valence-corrected chi connectivity index (χ1v) is 13.7. The van der Waals surface area contributed by atoms with Gasteiger partial charge in [-0.05, 0) is 122 Å². The molecular weight excluding hydrogens is 400 g/mol. The molecule has 2 N–H and O–H groups in total. The lowest BCUT2D eigenvalue weighted by Gasteiger charge is -2.40. The smallest absolute Gasteiger partial charge is 0.0875 e. The van der Waals surface area contributed by atoms with Crippen LogP contribution in [0.4, 0.5) is 0 Å². The predicted molar refractivity (Wildman–Crippen MR) is 120 cm³/mol. The molecule has 4 bridgehead atoms. The van der Waals surface area contributed by atoms with E-state index in [9.17, 15) is 0 Å². The van der Waals surface area contributed by atoms with E-state index in [2.05, 4.69) is 24.3 Å². The molecule has 4 heteroatoms. The van der Waals surface area contributed by atoms with Crippen LogP contribution >= 0.6 is 0 Å². The van der Waals surface area contributed by atoms with Crippen LogP contribution in [0.1, 0.15) is 51.4 Å². The van der Waals surface area contributed by atoms with Crippen LogP contribution in [-0.2, 0) is 9.47 Å². The second kappa shape index (κ2) is 6.93. The van der Waals surface area contributed by atoms with Gasteiger partial charge in [0.1, 0.15) is 0 Å². The van der Waals surface area contributed by atoms with Gasteiger partial charge in [0.05, 0.1) is 24.4 Å². The van der Waals surface area contributed by atoms with Gasteiger partial charge in [0.25, 0.3) is 0 Å². The van der Waals surface area contributed by atoms with E-state index in [1.54, 1.807) is 12.8 Å². The van der Waals surface area contributed by atoms with Gasteiger partial charge < -0.3 is 9.47 Å². The molecule has 8 fully saturated rings. The fourth-order valence-corrected chi connectivity index (χ4v) is 11.5. The Morgan fingerprint density at radius 3 is 1.88 bits per heavy atom. The number of fused-ring (bicyclic) bond motifs is 19. The normalized spacial score (nSPS) is 63.7. The van der Waals surface area contributed by atoms with Crippen molar-refractivity contribution in [2.24, 2.45) is 71.0 Å². The third-order valence-corrected chi connectivity index (χ3v) is 12.4. The molecular formula is C28H38O4. The van der Waals surface area contributed by atoms with E-state index in [0.717, 1.165) is 71.0 Å². The van der Waals surface area contributed by atoms with E-state index in [1.807, 2.05) is 0 Å². The topological polar surface area (TPSA) is 65.5 Å². The SMILES string of the molecule is C1=CC2C3CC(C2C1)C1CC=CCC31.C1C2OC2CC2C1C1CC2C2C1CC1OC12.OO. The number of epoxide rings is 2. The van der Waals surface area contributed by atoms with Gasteiger partial charge in [-0.1, -0.05) is 24.3 Å². The van der Waals surface area contributed by atoms with Crippen molar-refractivity contribution in [3.8, 4) is 0 Å². The summed E-state index contributed by atoms with van der Waals surface area (Å²) in [6, 6.07) is 0. The Hall–Kier alpha value is -0.680. The molecule has 0 aromatic carbocycles. The minimum atomic E-state index is 0.677. The lowest BCUT2D eigenvalue weighted by molar-refractivity contribution is -0.176. The van der Waals surface area contributed by atoms with Gasteiger partial charge in [-0.3, -0.25) is 10.5 Å². The van der Waals surface area contributed by atoms with Crippen LogP contribution in [0.3, 0.4) is 0 Å². The van der Waals surface area contributed by atoms with Gasteiger partial charge in [-0.25, -0.2) is 0 Å². The molecule has 32 heavy (non-hydrogen) atoms. The van der Waals surface area contributed by atoms with Gasteiger partial charge in [-0.2, -0.15) is 0 Å². The Kier molecular flexibility index (Phi) is 4.25. The van der Waals surface area contributed by atoms with E-state index in [0.29, 0.717) is 24.4 Å². The van der Waals surface area contributed by atoms with Crippen LogP contribution in [0.2, 0.25) is 0 Å². The monoisotopic (exact) mass is 438 g/mol. The van der Waals surface area contributed by atoms with Crippen molar-refractivity contribution < 1.29 is 20.0 Å². The summed E-state index contributed by atoms with van der Waals surface area (Å²) < 4.78 is 11.6. The van der Waals surface area contributed by atoms with Crippen LogP contribution in [0.25, 0.3) is 0 Å². The molecule has 0 radical (unpaired) electrons. The summed E-state index contributed by atoms with van der Waals surface area (Å²) in [6.07, 6.45) is 24.2. The van der Waals surface area contributed by atoms with Crippen LogP contribution in [0.15, 0.2) is 24.3 Å². The first-order valence-electron chi connectivity index (χ1n) is 13.7. The minimum Gasteiger partial charge on any atom is -0.370 e. The van der Waals surface area contributed by atoms with Crippen molar-refractivity contribution in [1.29, 1.82) is 0 Å². The molecule has 0 amide bonds. The molecule has 174 valence electrons. The molecule has 2 heterocycles. The summed E-state index contributed by atoms with van der Waals surface area (Å²) in [5.74, 6) is 12.6. The number of hydrogen-bond acceptors (Lipinski definition) is 4. The lowest BCUT2D eigenvalue weighted by Crippen LogP contribution is -2.38. The second-order valence-electron chi connectivity index (χ2n) is 12.9. The van der Waals surface area contributed by atoms with E-state index in [1.165, 1.54) is 38.5 Å². The first kappa shape index (κ1) is 19.6. The summed E-state index contributed by atoms with van der Waals surface area (Å²) in [5.41, 5.74) is 0. The maximum absolute atomic E-state index is 6.00. The van der Waals surface area contributed by atoms with Gasteiger partial charge >= 0.3 is 0 Å². The second-order valence-corrected chi connectivity index (χ2v) is 12.9. The van der Waals surface area contributed by atoms with Gasteiger partial charge in [0.15, 0.2) is 0 Å². The van der Waals surface area contributed by atoms with Gasteiger partial charge in [0.2, 0.25) is 0 Å². The average molecular weight is 439 g/mol. The van der Waals surface area contributed by atoms with E-state index in [4.69, 9.17) is 20.0 Å². The molecule has 8 aliphatic carbocycles. The van der Waals surface area contributed by atoms with Crippen molar-refractivity contribution in [1.82, 2.24) is 0 Å². The highest BCUT2D eigenvalue weighted by molar-refractivity contribution is 5.19. The zero-order chi connectivity index (χ0) is 21.1. The van der Waals surface area contributed by atoms with Crippen LogP contribution in [0, 0.1) is 71.0 Å². The third-order valence-electron chi connectivity index (χ3n) is 12.4. The number of hydrogen-bond donors (Lipinski definition) is 2. The van der Waals surface area contributed by atoms with E-state index in [-0.39, 0.29) is 0 Å². The standard InChI is InChI=1S/C14H18O2.C14H18.H2O2/c1-5-6-2-10-11(15-10)3-7(6)8(1)13-9(5)4-12-14(13)16-12;1-2-5-10-9(4-1)13-8-14(10)12-7-3-6-11(12)13;1-2/h5-14H,1-4H2;1-3,6,9-14H,4-5,7-8H2;1-2H. The fraction of sp³-hybridized carbons (Fsp3) is 0.857. The number of ether oxygens (including phenoxy) is 2. The summed E-state index contributed by atoms with van der Waals surface area (Å²) in [5, 5.41) is 12.0. The first-order chi connectivity index (χ1) is 15.8. The van der Waals surface area contributed by atoms with Gasteiger partial charge in [0, 0.05) is 0 Å². The molecule has 0 spiro atoms. The van der Waals surface area contributed by atoms with Crippen molar-refractivity contribution >= 4 is 0 Å². The third kappa shape index (κ3) is 2.53. The molecule has 16 atom stereocenters. The molecule has 10 rings (SSSR count). The largest absolute Gasteiger partial charge is 0.370 e. The molecule has 6 saturated carbocycles. The molecule has 10 aliphatic rings. The zero-order valence-electron chi connectivity index (χ0n) is 18.9. The van der Waals surface area contributed by atoms with Crippen molar-refractivity contribution in [2.75, 3.05) is 0 Å². The maximum atomic E-state index is 6.00. The predicted octanol–water partition coefficient (Wildman–Crippen LogP) is 5.26. The van der Waals surface area contributed by atoms with E-state index >= 15 is 0 Å². The molecule has 0 aromatic heterocycles. The highest BCUT2D eigenvalue weighted by atomic mass is 17.0. The molecule has 2 aliphatic heterocycles. The highest BCUT2D eigenvalue weighted by Gasteiger charge is 2.70. The minimum absolute atomic E-state index is 0.677. The fourth-order valence-electron chi connectivity index (χ4n) is 11.5. The Bertz CT molecular complexity index is 835. The van der Waals surface area contributed by atoms with Crippen LogP contribution in [0.5, 0.6) is 0 Å². The Balaban J connectivity index is 0.0000000992. The summed E-state index contributed by atoms with van der Waals surface area (Å²) in [6.45, 7) is 0. The molecule has 0 aromatic rings. The molecule has 2 saturated heterocycles. The summed E-state index contributed by atoms with van der Waals surface area (Å²) in [7, 11) is 0. The Morgan fingerprint density at radius 2 is 1.06 bits per heavy atom. The maximum Gasteiger partial charge on any atom is 0.0875 e.